The maximum Gasteiger partial charge on any atom is 0.231 e. The molecule has 3 N–H and O–H groups in total. The van der Waals surface area contributed by atoms with Crippen molar-refractivity contribution in [3.8, 4) is 0 Å². The molecule has 0 aliphatic rings. The first-order valence-corrected chi connectivity index (χ1v) is 5.16. The van der Waals surface area contributed by atoms with Crippen LogP contribution < -0.4 is 11.1 Å². The third-order valence-electron chi connectivity index (χ3n) is 2.11. The molecule has 0 bridgehead atoms. The van der Waals surface area contributed by atoms with Crippen molar-refractivity contribution in [2.45, 2.75) is 6.42 Å². The summed E-state index contributed by atoms with van der Waals surface area (Å²) in [4.78, 5) is 19.7. The second-order valence-corrected chi connectivity index (χ2v) is 3.49. The highest BCUT2D eigenvalue weighted by atomic mass is 16.1. The van der Waals surface area contributed by atoms with E-state index in [2.05, 4.69) is 15.3 Å². The molecule has 5 nitrogen and oxygen atoms in total. The van der Waals surface area contributed by atoms with E-state index >= 15 is 0 Å². The number of carbonyl (C=O) groups excluding carboxylic acids is 1. The zero-order valence-corrected chi connectivity index (χ0v) is 9.13. The molecule has 0 radical (unpaired) electrons. The normalized spacial score (nSPS) is 9.88. The molecule has 0 aromatic carbocycles. The van der Waals surface area contributed by atoms with Gasteiger partial charge in [-0.1, -0.05) is 12.1 Å². The lowest BCUT2D eigenvalue weighted by Crippen LogP contribution is -2.16. The Labute approximate surface area is 98.7 Å². The molecule has 86 valence electrons. The van der Waals surface area contributed by atoms with Crippen LogP contribution in [-0.4, -0.2) is 15.9 Å². The molecular weight excluding hydrogens is 216 g/mol. The Bertz CT molecular complexity index is 513. The molecular formula is C12H12N4O. The summed E-state index contributed by atoms with van der Waals surface area (Å²) in [6, 6.07) is 10.5. The average molecular weight is 228 g/mol. The summed E-state index contributed by atoms with van der Waals surface area (Å²) in [5, 5.41) is 2.66. The third-order valence-corrected chi connectivity index (χ3v) is 2.11. The molecule has 0 atom stereocenters. The summed E-state index contributed by atoms with van der Waals surface area (Å²) in [6.45, 7) is 0. The van der Waals surface area contributed by atoms with Crippen molar-refractivity contribution < 1.29 is 4.79 Å². The zero-order chi connectivity index (χ0) is 12.1. The average Bonchev–Trinajstić information content (AvgIpc) is 2.30. The molecule has 0 fully saturated rings. The maximum absolute atomic E-state index is 11.7. The first-order valence-electron chi connectivity index (χ1n) is 5.16. The first-order chi connectivity index (χ1) is 8.24. The molecule has 0 unspecified atom stereocenters. The summed E-state index contributed by atoms with van der Waals surface area (Å²) in [7, 11) is 0. The topological polar surface area (TPSA) is 80.9 Å². The van der Waals surface area contributed by atoms with Crippen LogP contribution in [0.15, 0.2) is 42.6 Å². The Morgan fingerprint density at radius 1 is 1.24 bits per heavy atom. The van der Waals surface area contributed by atoms with Crippen molar-refractivity contribution in [2.24, 2.45) is 0 Å². The number of pyridine rings is 2. The quantitative estimate of drug-likeness (QED) is 0.828. The van der Waals surface area contributed by atoms with Crippen LogP contribution in [0.25, 0.3) is 0 Å². The number of amides is 1. The van der Waals surface area contributed by atoms with Crippen molar-refractivity contribution in [1.29, 1.82) is 0 Å². The van der Waals surface area contributed by atoms with E-state index in [9.17, 15) is 4.79 Å². The number of anilines is 2. The first kappa shape index (κ1) is 11.1. The highest BCUT2D eigenvalue weighted by molar-refractivity contribution is 5.91. The fourth-order valence-electron chi connectivity index (χ4n) is 1.38. The summed E-state index contributed by atoms with van der Waals surface area (Å²) >= 11 is 0. The van der Waals surface area contributed by atoms with E-state index in [-0.39, 0.29) is 12.3 Å². The molecule has 0 aliphatic carbocycles. The Kier molecular flexibility index (Phi) is 3.30. The fraction of sp³-hybridized carbons (Fsp3) is 0.0833. The molecule has 2 aromatic rings. The standard InChI is InChI=1S/C12H12N4O/c13-10-5-3-6-11(15-10)16-12(17)8-9-4-1-2-7-14-9/h1-7H,8H2,(H3,13,15,16,17). The molecule has 2 rings (SSSR count). The highest BCUT2D eigenvalue weighted by Gasteiger charge is 2.05. The van der Waals surface area contributed by atoms with Crippen LogP contribution in [0.4, 0.5) is 11.6 Å². The predicted molar refractivity (Wildman–Crippen MR) is 65.2 cm³/mol. The van der Waals surface area contributed by atoms with Crippen LogP contribution in [-0.2, 0) is 11.2 Å². The fourth-order valence-corrected chi connectivity index (χ4v) is 1.38. The largest absolute Gasteiger partial charge is 0.384 e. The molecule has 2 aromatic heterocycles. The molecule has 5 heteroatoms. The van der Waals surface area contributed by atoms with Gasteiger partial charge in [-0.2, -0.15) is 0 Å². The molecule has 0 aliphatic heterocycles. The van der Waals surface area contributed by atoms with E-state index in [4.69, 9.17) is 5.73 Å². The van der Waals surface area contributed by atoms with Crippen LogP contribution in [0.2, 0.25) is 0 Å². The van der Waals surface area contributed by atoms with Crippen molar-refractivity contribution >= 4 is 17.5 Å². The van der Waals surface area contributed by atoms with E-state index in [1.807, 2.05) is 6.07 Å². The minimum atomic E-state index is -0.165. The molecule has 1 amide bonds. The zero-order valence-electron chi connectivity index (χ0n) is 9.13. The van der Waals surface area contributed by atoms with Crippen LogP contribution in [0.3, 0.4) is 0 Å². The van der Waals surface area contributed by atoms with E-state index in [1.165, 1.54) is 0 Å². The van der Waals surface area contributed by atoms with Crippen molar-refractivity contribution in [2.75, 3.05) is 11.1 Å². The van der Waals surface area contributed by atoms with Crippen molar-refractivity contribution in [3.05, 3.63) is 48.3 Å². The second kappa shape index (κ2) is 5.07. The van der Waals surface area contributed by atoms with Gasteiger partial charge in [-0.3, -0.25) is 9.78 Å². The number of nitrogens with one attached hydrogen (secondary N) is 1. The van der Waals surface area contributed by atoms with E-state index in [0.717, 1.165) is 0 Å². The van der Waals surface area contributed by atoms with Crippen molar-refractivity contribution in [1.82, 2.24) is 9.97 Å². The molecule has 0 saturated carbocycles. The van der Waals surface area contributed by atoms with E-state index in [1.54, 1.807) is 36.5 Å². The van der Waals surface area contributed by atoms with Gasteiger partial charge in [0.2, 0.25) is 5.91 Å². The number of nitrogen functional groups attached to an aromatic ring is 1. The minimum Gasteiger partial charge on any atom is -0.384 e. The summed E-state index contributed by atoms with van der Waals surface area (Å²) < 4.78 is 0. The van der Waals surface area contributed by atoms with Gasteiger partial charge in [0.1, 0.15) is 11.6 Å². The summed E-state index contributed by atoms with van der Waals surface area (Å²) in [5.74, 6) is 0.661. The number of aromatic nitrogens is 2. The molecule has 0 spiro atoms. The van der Waals surface area contributed by atoms with Crippen LogP contribution in [0.1, 0.15) is 5.69 Å². The Morgan fingerprint density at radius 2 is 2.12 bits per heavy atom. The molecule has 2 heterocycles. The monoisotopic (exact) mass is 228 g/mol. The summed E-state index contributed by atoms with van der Waals surface area (Å²) in [6.07, 6.45) is 1.87. The van der Waals surface area contributed by atoms with Gasteiger partial charge in [0.25, 0.3) is 0 Å². The van der Waals surface area contributed by atoms with Gasteiger partial charge in [-0.25, -0.2) is 4.98 Å². The second-order valence-electron chi connectivity index (χ2n) is 3.49. The van der Waals surface area contributed by atoms with Crippen molar-refractivity contribution in [3.63, 3.8) is 0 Å². The lowest BCUT2D eigenvalue weighted by Gasteiger charge is -2.04. The molecule has 17 heavy (non-hydrogen) atoms. The van der Waals surface area contributed by atoms with Gasteiger partial charge in [-0.05, 0) is 24.3 Å². The SMILES string of the molecule is Nc1cccc(NC(=O)Cc2ccccn2)n1. The molecule has 0 saturated heterocycles. The van der Waals surface area contributed by atoms with Gasteiger partial charge >= 0.3 is 0 Å². The number of nitrogens with zero attached hydrogens (tertiary/aromatic N) is 2. The highest BCUT2D eigenvalue weighted by Crippen LogP contribution is 2.06. The Hall–Kier alpha value is -2.43. The van der Waals surface area contributed by atoms with Gasteiger partial charge < -0.3 is 11.1 Å². The number of nitrogens with two attached hydrogens (primary N) is 1. The van der Waals surface area contributed by atoms with Gasteiger partial charge in [0.05, 0.1) is 6.42 Å². The summed E-state index contributed by atoms with van der Waals surface area (Å²) in [5.41, 5.74) is 6.23. The lowest BCUT2D eigenvalue weighted by atomic mass is 10.2. The smallest absolute Gasteiger partial charge is 0.231 e. The maximum atomic E-state index is 11.7. The lowest BCUT2D eigenvalue weighted by molar-refractivity contribution is -0.115. The van der Waals surface area contributed by atoms with E-state index in [0.29, 0.717) is 17.3 Å². The van der Waals surface area contributed by atoms with Crippen LogP contribution in [0, 0.1) is 0 Å². The number of hydrogen-bond donors (Lipinski definition) is 2. The van der Waals surface area contributed by atoms with Gasteiger partial charge in [0.15, 0.2) is 0 Å². The number of rotatable bonds is 3. The Morgan fingerprint density at radius 3 is 2.82 bits per heavy atom. The predicted octanol–water partition coefficient (Wildman–Crippen LogP) is 1.24. The van der Waals surface area contributed by atoms with E-state index < -0.39 is 0 Å². The van der Waals surface area contributed by atoms with Crippen LogP contribution >= 0.6 is 0 Å². The Balaban J connectivity index is 1.98. The van der Waals surface area contributed by atoms with Crippen LogP contribution in [0.5, 0.6) is 0 Å². The number of carbonyl (C=O) groups is 1. The van der Waals surface area contributed by atoms with Gasteiger partial charge in [-0.15, -0.1) is 0 Å². The third kappa shape index (κ3) is 3.27. The number of hydrogen-bond acceptors (Lipinski definition) is 4. The van der Waals surface area contributed by atoms with Gasteiger partial charge in [0, 0.05) is 11.9 Å². The minimum absolute atomic E-state index is 0.165.